The van der Waals surface area contributed by atoms with E-state index < -0.39 is 5.79 Å². The zero-order valence-electron chi connectivity index (χ0n) is 29.4. The number of thioether (sulfide) groups is 4. The van der Waals surface area contributed by atoms with E-state index in [2.05, 4.69) is 73.3 Å². The Balaban J connectivity index is -0.000000872. The van der Waals surface area contributed by atoms with Crippen LogP contribution in [-0.2, 0) is 18.9 Å². The summed E-state index contributed by atoms with van der Waals surface area (Å²) in [6.07, 6.45) is 9.08. The SMILES string of the molecule is C.C/C=C(/C)SCC.CCC.CCCCC.CCSC(C)CSC1=C(N(C)C)C(OCCOC)C2(C=C1SC=N)OCCO2. The van der Waals surface area contributed by atoms with Gasteiger partial charge in [-0.25, -0.2) is 0 Å². The minimum Gasteiger partial charge on any atom is -0.382 e. The van der Waals surface area contributed by atoms with Crippen molar-refractivity contribution in [2.24, 2.45) is 0 Å². The summed E-state index contributed by atoms with van der Waals surface area (Å²) in [5, 5.41) is 8.19. The summed E-state index contributed by atoms with van der Waals surface area (Å²) < 4.78 is 23.6. The minimum absolute atomic E-state index is 0. The lowest BCUT2D eigenvalue weighted by molar-refractivity contribution is -0.197. The molecule has 0 radical (unpaired) electrons. The molecule has 0 aromatic rings. The van der Waals surface area contributed by atoms with Crippen molar-refractivity contribution in [3.63, 3.8) is 0 Å². The highest BCUT2D eigenvalue weighted by Crippen LogP contribution is 2.47. The molecule has 0 bridgehead atoms. The molecule has 2 aliphatic rings. The van der Waals surface area contributed by atoms with E-state index in [4.69, 9.17) is 24.4 Å². The highest BCUT2D eigenvalue weighted by molar-refractivity contribution is 8.17. The summed E-state index contributed by atoms with van der Waals surface area (Å²) >= 11 is 7.05. The Kier molecular flexibility index (Phi) is 34.6. The molecule has 0 aromatic carbocycles. The summed E-state index contributed by atoms with van der Waals surface area (Å²) in [5.74, 6) is 2.33. The van der Waals surface area contributed by atoms with Gasteiger partial charge in [0.05, 0.1) is 37.7 Å². The average Bonchev–Trinajstić information content (AvgIpc) is 3.44. The first kappa shape index (κ1) is 48.3. The second-order valence-corrected chi connectivity index (χ2v) is 15.2. The van der Waals surface area contributed by atoms with E-state index in [0.717, 1.165) is 27.0 Å². The molecule has 44 heavy (non-hydrogen) atoms. The van der Waals surface area contributed by atoms with Crippen molar-refractivity contribution in [3.8, 4) is 0 Å². The molecule has 1 spiro atoms. The van der Waals surface area contributed by atoms with Gasteiger partial charge in [-0.05, 0) is 36.3 Å². The second-order valence-electron chi connectivity index (χ2n) is 9.99. The first-order chi connectivity index (χ1) is 20.6. The molecule has 1 aliphatic heterocycles. The van der Waals surface area contributed by atoms with Crippen LogP contribution in [0.25, 0.3) is 0 Å². The van der Waals surface area contributed by atoms with Gasteiger partial charge in [-0.1, -0.05) is 99.4 Å². The fourth-order valence-corrected chi connectivity index (χ4v) is 7.53. The third kappa shape index (κ3) is 20.2. The summed E-state index contributed by atoms with van der Waals surface area (Å²) in [5.41, 5.74) is 2.39. The molecule has 0 amide bonds. The van der Waals surface area contributed by atoms with Gasteiger partial charge in [0.1, 0.15) is 0 Å². The average molecular weight is 697 g/mol. The molecule has 1 fully saturated rings. The van der Waals surface area contributed by atoms with Crippen LogP contribution in [0.2, 0.25) is 0 Å². The Morgan fingerprint density at radius 2 is 1.68 bits per heavy atom. The summed E-state index contributed by atoms with van der Waals surface area (Å²) in [4.78, 5) is 5.63. The van der Waals surface area contributed by atoms with Gasteiger partial charge in [-0.2, -0.15) is 11.8 Å². The van der Waals surface area contributed by atoms with Crippen LogP contribution in [-0.4, -0.2) is 92.5 Å². The van der Waals surface area contributed by atoms with Crippen molar-refractivity contribution >= 4 is 52.6 Å². The van der Waals surface area contributed by atoms with Crippen molar-refractivity contribution < 1.29 is 18.9 Å². The van der Waals surface area contributed by atoms with Crippen LogP contribution in [0.1, 0.15) is 95.4 Å². The predicted molar refractivity (Wildman–Crippen MR) is 207 cm³/mol. The lowest BCUT2D eigenvalue weighted by atomic mass is 9.99. The molecule has 1 saturated heterocycles. The Labute approximate surface area is 290 Å². The van der Waals surface area contributed by atoms with Crippen LogP contribution >= 0.6 is 47.0 Å². The van der Waals surface area contributed by atoms with Crippen molar-refractivity contribution in [1.29, 1.82) is 5.41 Å². The van der Waals surface area contributed by atoms with Crippen molar-refractivity contribution in [3.05, 3.63) is 32.6 Å². The summed E-state index contributed by atoms with van der Waals surface area (Å²) in [6, 6.07) is 0. The zero-order chi connectivity index (χ0) is 33.1. The van der Waals surface area contributed by atoms with E-state index in [1.165, 1.54) is 53.6 Å². The number of likely N-dealkylation sites (N-methyl/N-ethyl adjacent to an activating group) is 1. The van der Waals surface area contributed by atoms with E-state index in [9.17, 15) is 0 Å². The van der Waals surface area contributed by atoms with Crippen LogP contribution in [0.5, 0.6) is 0 Å². The molecule has 6 nitrogen and oxygen atoms in total. The lowest BCUT2D eigenvalue weighted by Crippen LogP contribution is -2.50. The lowest BCUT2D eigenvalue weighted by Gasteiger charge is -2.41. The quantitative estimate of drug-likeness (QED) is 0.0965. The van der Waals surface area contributed by atoms with Gasteiger partial charge in [0.15, 0.2) is 6.10 Å². The molecule has 262 valence electrons. The number of nitrogens with zero attached hydrogens (tertiary/aromatic N) is 1. The van der Waals surface area contributed by atoms with Crippen molar-refractivity contribution in [1.82, 2.24) is 4.90 Å². The molecule has 1 N–H and O–H groups in total. The van der Waals surface area contributed by atoms with Crippen LogP contribution < -0.4 is 0 Å². The third-order valence-corrected chi connectivity index (χ3v) is 10.2. The molecule has 2 atom stereocenters. The van der Waals surface area contributed by atoms with E-state index in [1.807, 2.05) is 55.5 Å². The standard InChI is InChI=1S/C19H32N2O4S3.C6H12S.C5H12.C3H8.CH4/c1-6-26-14(2)12-27-17-15(28-13-20)11-19(24-9-10-25-19)18(16(17)21(3)4)23-8-7-22-5;1-4-6(3)7-5-2;1-3-5-4-2;1-3-2;/h11,13-14,18,20H,6-10,12H2,1-5H3;4H,5H2,1-3H3;3-5H2,1-2H3;3H2,1-2H3;1H4/b;6-4-;;;. The van der Waals surface area contributed by atoms with Crippen LogP contribution in [0.15, 0.2) is 32.6 Å². The van der Waals surface area contributed by atoms with E-state index in [0.29, 0.717) is 31.7 Å². The number of ether oxygens (including phenoxy) is 4. The van der Waals surface area contributed by atoms with Crippen LogP contribution in [0.4, 0.5) is 0 Å². The van der Waals surface area contributed by atoms with Gasteiger partial charge in [0.25, 0.3) is 0 Å². The van der Waals surface area contributed by atoms with Gasteiger partial charge in [0, 0.05) is 42.0 Å². The fraction of sp³-hybridized carbons (Fsp3) is 0.794. The molecule has 2 rings (SSSR count). The van der Waals surface area contributed by atoms with Crippen LogP contribution in [0.3, 0.4) is 0 Å². The second kappa shape index (κ2) is 31.5. The van der Waals surface area contributed by atoms with Gasteiger partial charge in [0.2, 0.25) is 5.79 Å². The number of hydrogen-bond donors (Lipinski definition) is 1. The summed E-state index contributed by atoms with van der Waals surface area (Å²) in [7, 11) is 5.71. The molecule has 0 aromatic heterocycles. The molecule has 0 saturated carbocycles. The number of hydrogen-bond acceptors (Lipinski definition) is 10. The maximum Gasteiger partial charge on any atom is 0.222 e. The maximum absolute atomic E-state index is 7.65. The number of unbranched alkanes of at least 4 members (excludes halogenated alkanes) is 2. The van der Waals surface area contributed by atoms with Gasteiger partial charge in [-0.3, -0.25) is 0 Å². The number of nitrogens with one attached hydrogen (secondary N) is 1. The highest BCUT2D eigenvalue weighted by atomic mass is 32.2. The zero-order valence-corrected chi connectivity index (χ0v) is 32.6. The normalized spacial score (nSPS) is 17.6. The number of methoxy groups -OCH3 is 1. The molecule has 1 aliphatic carbocycles. The van der Waals surface area contributed by atoms with Gasteiger partial charge >= 0.3 is 0 Å². The maximum atomic E-state index is 7.65. The number of rotatable bonds is 16. The Hall–Kier alpha value is -0.0700. The Morgan fingerprint density at radius 1 is 1.09 bits per heavy atom. The van der Waals surface area contributed by atoms with E-state index in [-0.39, 0.29) is 13.5 Å². The monoisotopic (exact) mass is 696 g/mol. The fourth-order valence-electron chi connectivity index (χ4n) is 3.81. The minimum atomic E-state index is -0.952. The molecule has 2 unspecified atom stereocenters. The Bertz CT molecular complexity index is 783. The number of allylic oxidation sites excluding steroid dienone is 2. The molecular weight excluding hydrogens is 629 g/mol. The Morgan fingerprint density at radius 3 is 2.07 bits per heavy atom. The van der Waals surface area contributed by atoms with Gasteiger partial charge < -0.3 is 29.3 Å². The van der Waals surface area contributed by atoms with Gasteiger partial charge in [-0.15, -0.1) is 23.5 Å². The van der Waals surface area contributed by atoms with Crippen molar-refractivity contribution in [2.75, 3.05) is 64.9 Å². The highest BCUT2D eigenvalue weighted by Gasteiger charge is 2.50. The van der Waals surface area contributed by atoms with E-state index in [1.54, 1.807) is 7.11 Å². The molecule has 1 heterocycles. The van der Waals surface area contributed by atoms with Crippen LogP contribution in [0, 0.1) is 5.41 Å². The first-order valence-corrected chi connectivity index (χ1v) is 19.7. The molecule has 10 heteroatoms. The van der Waals surface area contributed by atoms with E-state index >= 15 is 0 Å². The largest absolute Gasteiger partial charge is 0.382 e. The third-order valence-electron chi connectivity index (χ3n) is 5.78. The predicted octanol–water partition coefficient (Wildman–Crippen LogP) is 10.6. The first-order valence-electron chi connectivity index (χ1n) is 15.8. The van der Waals surface area contributed by atoms with Crippen molar-refractivity contribution in [2.45, 2.75) is 113 Å². The summed E-state index contributed by atoms with van der Waals surface area (Å²) in [6.45, 7) is 21.5. The molecular formula is C34H68N2O4S4. The topological polar surface area (TPSA) is 64.0 Å². The smallest absolute Gasteiger partial charge is 0.222 e.